The first-order valence-electron chi connectivity index (χ1n) is 7.14. The average molecular weight is 419 g/mol. The Hall–Kier alpha value is -2.29. The third-order valence-electron chi connectivity index (χ3n) is 3.08. The monoisotopic (exact) mass is 418 g/mol. The summed E-state index contributed by atoms with van der Waals surface area (Å²) in [6.07, 6.45) is -2.88. The van der Waals surface area contributed by atoms with Gasteiger partial charge in [0.25, 0.3) is 5.56 Å². The second-order valence-corrected chi connectivity index (χ2v) is 6.05. The lowest BCUT2D eigenvalue weighted by molar-refractivity contribution is -0.153. The van der Waals surface area contributed by atoms with E-state index in [1.807, 2.05) is 0 Å². The van der Waals surface area contributed by atoms with Crippen molar-refractivity contribution in [3.05, 3.63) is 63.0 Å². The van der Waals surface area contributed by atoms with E-state index in [0.717, 1.165) is 0 Å². The number of hydrogen-bond donors (Lipinski definition) is 1. The van der Waals surface area contributed by atoms with Crippen LogP contribution in [0.2, 0.25) is 0 Å². The van der Waals surface area contributed by atoms with Crippen molar-refractivity contribution in [2.45, 2.75) is 19.3 Å². The molecule has 1 N–H and O–H groups in total. The van der Waals surface area contributed by atoms with Crippen molar-refractivity contribution < 1.29 is 22.7 Å². The number of nitrogens with one attached hydrogen (secondary N) is 1. The summed E-state index contributed by atoms with van der Waals surface area (Å²) in [5.74, 6) is -0.273. The standard InChI is InChI=1S/C16H14BrF3N2O3/c17-12-3-6-15(24)22(8-12)9-14(23)21-7-11-1-4-13(5-2-11)25-10-16(18,19)20/h1-6,8H,7,9-10H2,(H,21,23). The normalized spacial score (nSPS) is 11.2. The van der Waals surface area contributed by atoms with E-state index in [0.29, 0.717) is 10.0 Å². The summed E-state index contributed by atoms with van der Waals surface area (Å²) in [4.78, 5) is 23.5. The molecule has 0 radical (unpaired) electrons. The number of alkyl halides is 3. The van der Waals surface area contributed by atoms with Gasteiger partial charge in [0.2, 0.25) is 5.91 Å². The summed E-state index contributed by atoms with van der Waals surface area (Å²) in [6.45, 7) is -1.31. The number of rotatable bonds is 6. The fourth-order valence-electron chi connectivity index (χ4n) is 1.91. The second-order valence-electron chi connectivity index (χ2n) is 5.14. The third kappa shape index (κ3) is 6.61. The molecule has 2 aromatic rings. The summed E-state index contributed by atoms with van der Waals surface area (Å²) in [7, 11) is 0. The number of nitrogens with zero attached hydrogens (tertiary/aromatic N) is 1. The van der Waals surface area contributed by atoms with Gasteiger partial charge >= 0.3 is 6.18 Å². The highest BCUT2D eigenvalue weighted by Gasteiger charge is 2.28. The van der Waals surface area contributed by atoms with Crippen LogP contribution in [0.25, 0.3) is 0 Å². The smallest absolute Gasteiger partial charge is 0.422 e. The molecule has 0 aliphatic carbocycles. The summed E-state index contributed by atoms with van der Waals surface area (Å²) in [6, 6.07) is 8.82. The molecule has 0 fully saturated rings. The van der Waals surface area contributed by atoms with Gasteiger partial charge in [0, 0.05) is 23.3 Å². The van der Waals surface area contributed by atoms with Gasteiger partial charge in [-0.05, 0) is 39.7 Å². The molecule has 1 aromatic carbocycles. The van der Waals surface area contributed by atoms with Crippen LogP contribution < -0.4 is 15.6 Å². The minimum Gasteiger partial charge on any atom is -0.484 e. The Morgan fingerprint density at radius 1 is 1.16 bits per heavy atom. The molecule has 1 amide bonds. The minimum atomic E-state index is -4.39. The summed E-state index contributed by atoms with van der Waals surface area (Å²) >= 11 is 3.22. The maximum Gasteiger partial charge on any atom is 0.422 e. The lowest BCUT2D eigenvalue weighted by atomic mass is 10.2. The van der Waals surface area contributed by atoms with Gasteiger partial charge in [-0.3, -0.25) is 9.59 Å². The number of halogens is 4. The van der Waals surface area contributed by atoms with Crippen LogP contribution >= 0.6 is 15.9 Å². The Bertz CT molecular complexity index is 788. The molecular formula is C16H14BrF3N2O3. The van der Waals surface area contributed by atoms with E-state index in [-0.39, 0.29) is 30.3 Å². The molecule has 9 heteroatoms. The van der Waals surface area contributed by atoms with Crippen LogP contribution in [0, 0.1) is 0 Å². The molecule has 0 unspecified atom stereocenters. The number of carbonyl (C=O) groups is 1. The second kappa shape index (κ2) is 8.19. The Labute approximate surface area is 149 Å². The summed E-state index contributed by atoms with van der Waals surface area (Å²) in [5.41, 5.74) is 0.388. The molecule has 25 heavy (non-hydrogen) atoms. The van der Waals surface area contributed by atoms with Crippen LogP contribution in [0.3, 0.4) is 0 Å². The van der Waals surface area contributed by atoms with E-state index in [1.54, 1.807) is 18.2 Å². The summed E-state index contributed by atoms with van der Waals surface area (Å²) in [5, 5.41) is 2.64. The average Bonchev–Trinajstić information content (AvgIpc) is 2.55. The van der Waals surface area contributed by atoms with Gasteiger partial charge < -0.3 is 14.6 Å². The molecule has 1 aromatic heterocycles. The number of benzene rings is 1. The van der Waals surface area contributed by atoms with E-state index >= 15 is 0 Å². The van der Waals surface area contributed by atoms with Crippen molar-refractivity contribution in [2.24, 2.45) is 0 Å². The molecule has 134 valence electrons. The van der Waals surface area contributed by atoms with Gasteiger partial charge in [-0.1, -0.05) is 12.1 Å². The Morgan fingerprint density at radius 3 is 2.48 bits per heavy atom. The van der Waals surface area contributed by atoms with E-state index < -0.39 is 12.8 Å². The number of hydrogen-bond acceptors (Lipinski definition) is 3. The van der Waals surface area contributed by atoms with Gasteiger partial charge in [-0.2, -0.15) is 13.2 Å². The zero-order valence-corrected chi connectivity index (χ0v) is 14.4. The number of carbonyl (C=O) groups excluding carboxylic acids is 1. The zero-order chi connectivity index (χ0) is 18.4. The largest absolute Gasteiger partial charge is 0.484 e. The van der Waals surface area contributed by atoms with Crippen LogP contribution in [-0.2, 0) is 17.9 Å². The van der Waals surface area contributed by atoms with Crippen molar-refractivity contribution in [3.63, 3.8) is 0 Å². The van der Waals surface area contributed by atoms with Crippen molar-refractivity contribution in [1.29, 1.82) is 0 Å². The van der Waals surface area contributed by atoms with Gasteiger partial charge in [0.1, 0.15) is 12.3 Å². The van der Waals surface area contributed by atoms with Crippen molar-refractivity contribution in [3.8, 4) is 5.75 Å². The minimum absolute atomic E-state index is 0.0908. The van der Waals surface area contributed by atoms with E-state index in [2.05, 4.69) is 26.0 Å². The fourth-order valence-corrected chi connectivity index (χ4v) is 2.29. The molecule has 0 aliphatic heterocycles. The summed E-state index contributed by atoms with van der Waals surface area (Å²) < 4.78 is 42.7. The van der Waals surface area contributed by atoms with Crippen molar-refractivity contribution in [2.75, 3.05) is 6.61 Å². The molecule has 5 nitrogen and oxygen atoms in total. The lowest BCUT2D eigenvalue weighted by Gasteiger charge is -2.10. The van der Waals surface area contributed by atoms with E-state index in [4.69, 9.17) is 0 Å². The molecule has 0 spiro atoms. The van der Waals surface area contributed by atoms with Gasteiger partial charge in [0.05, 0.1) is 0 Å². The first-order chi connectivity index (χ1) is 11.7. The number of aromatic nitrogens is 1. The quantitative estimate of drug-likeness (QED) is 0.784. The van der Waals surface area contributed by atoms with Gasteiger partial charge in [-0.15, -0.1) is 0 Å². The van der Waals surface area contributed by atoms with Crippen LogP contribution in [0.4, 0.5) is 13.2 Å². The highest BCUT2D eigenvalue weighted by Crippen LogP contribution is 2.18. The van der Waals surface area contributed by atoms with Crippen molar-refractivity contribution >= 4 is 21.8 Å². The molecule has 0 atom stereocenters. The molecule has 0 saturated heterocycles. The fraction of sp³-hybridized carbons (Fsp3) is 0.250. The Morgan fingerprint density at radius 2 is 1.84 bits per heavy atom. The molecule has 0 aliphatic rings. The molecule has 2 rings (SSSR count). The van der Waals surface area contributed by atoms with Crippen LogP contribution in [0.5, 0.6) is 5.75 Å². The molecule has 0 saturated carbocycles. The molecule has 0 bridgehead atoms. The molecular weight excluding hydrogens is 405 g/mol. The van der Waals surface area contributed by atoms with Crippen LogP contribution in [-0.4, -0.2) is 23.3 Å². The highest BCUT2D eigenvalue weighted by atomic mass is 79.9. The van der Waals surface area contributed by atoms with Crippen LogP contribution in [0.15, 0.2) is 51.9 Å². The number of amides is 1. The SMILES string of the molecule is O=C(Cn1cc(Br)ccc1=O)NCc1ccc(OCC(F)(F)F)cc1. The lowest BCUT2D eigenvalue weighted by Crippen LogP contribution is -2.31. The predicted octanol–water partition coefficient (Wildman–Crippen LogP) is 2.87. The number of ether oxygens (including phenoxy) is 1. The number of pyridine rings is 1. The first kappa shape index (κ1) is 19.0. The Kier molecular flexibility index (Phi) is 6.24. The highest BCUT2D eigenvalue weighted by molar-refractivity contribution is 9.10. The van der Waals surface area contributed by atoms with Crippen molar-refractivity contribution in [1.82, 2.24) is 9.88 Å². The first-order valence-corrected chi connectivity index (χ1v) is 7.93. The predicted molar refractivity (Wildman–Crippen MR) is 88.2 cm³/mol. The topological polar surface area (TPSA) is 60.3 Å². The van der Waals surface area contributed by atoms with E-state index in [1.165, 1.54) is 29.0 Å². The van der Waals surface area contributed by atoms with Gasteiger partial charge in [-0.25, -0.2) is 0 Å². The zero-order valence-electron chi connectivity index (χ0n) is 12.8. The maximum absolute atomic E-state index is 12.1. The molecule has 1 heterocycles. The van der Waals surface area contributed by atoms with Gasteiger partial charge in [0.15, 0.2) is 6.61 Å². The van der Waals surface area contributed by atoms with E-state index in [9.17, 15) is 22.8 Å². The van der Waals surface area contributed by atoms with Crippen LogP contribution in [0.1, 0.15) is 5.56 Å². The maximum atomic E-state index is 12.1. The Balaban J connectivity index is 1.85. The third-order valence-corrected chi connectivity index (χ3v) is 3.55.